The average Bonchev–Trinajstić information content (AvgIpc) is 2.58. The molecule has 72 valence electrons. The third-order valence-corrected chi connectivity index (χ3v) is 4.41. The first kappa shape index (κ1) is 8.98. The molecule has 1 atom stereocenters. The normalized spacial score (nSPS) is 36.2. The molecule has 0 aliphatic heterocycles. The minimum Gasteiger partial charge on any atom is -0.299 e. The van der Waals surface area contributed by atoms with Crippen LogP contribution >= 0.6 is 0 Å². The van der Waals surface area contributed by atoms with Gasteiger partial charge in [-0.1, -0.05) is 25.8 Å². The van der Waals surface area contributed by atoms with E-state index in [-0.39, 0.29) is 5.41 Å². The van der Waals surface area contributed by atoms with Gasteiger partial charge in [-0.2, -0.15) is 0 Å². The van der Waals surface area contributed by atoms with Gasteiger partial charge < -0.3 is 0 Å². The first-order valence-electron chi connectivity index (χ1n) is 5.38. The van der Waals surface area contributed by atoms with Crippen LogP contribution in [0.3, 0.4) is 0 Å². The van der Waals surface area contributed by atoms with E-state index in [0.717, 1.165) is 12.8 Å². The van der Waals surface area contributed by atoms with Crippen molar-refractivity contribution in [3.8, 4) is 0 Å². The molecule has 0 aromatic carbocycles. The first-order chi connectivity index (χ1) is 6.21. The van der Waals surface area contributed by atoms with Crippen molar-refractivity contribution >= 4 is 5.78 Å². The van der Waals surface area contributed by atoms with Crippen LogP contribution in [0.1, 0.15) is 45.4 Å². The minimum atomic E-state index is -0.135. The number of carbonyl (C=O) groups is 1. The standard InChI is InChI=1S/C12H18O/c1-3-12(4-2)10(13)9-11(12)7-5-6-8-11/h3H,1,4-9H2,2H3. The van der Waals surface area contributed by atoms with E-state index in [0.29, 0.717) is 11.2 Å². The fourth-order valence-corrected chi connectivity index (χ4v) is 3.53. The number of hydrogen-bond acceptors (Lipinski definition) is 1. The van der Waals surface area contributed by atoms with Crippen LogP contribution in [-0.2, 0) is 4.79 Å². The molecule has 0 heterocycles. The number of Topliss-reactive ketones (excluding diaryl/α,β-unsaturated/α-hetero) is 1. The molecule has 2 rings (SSSR count). The zero-order valence-corrected chi connectivity index (χ0v) is 8.44. The highest BCUT2D eigenvalue weighted by Crippen LogP contribution is 2.64. The SMILES string of the molecule is C=CC1(CC)C(=O)CC12CCCC2. The summed E-state index contributed by atoms with van der Waals surface area (Å²) in [5.41, 5.74) is 0.198. The number of hydrogen-bond donors (Lipinski definition) is 0. The Morgan fingerprint density at radius 2 is 2.08 bits per heavy atom. The second kappa shape index (κ2) is 2.70. The molecule has 1 unspecified atom stereocenters. The molecule has 0 amide bonds. The Hall–Kier alpha value is -0.590. The van der Waals surface area contributed by atoms with Crippen molar-refractivity contribution in [2.75, 3.05) is 0 Å². The maximum absolute atomic E-state index is 11.7. The van der Waals surface area contributed by atoms with E-state index in [1.54, 1.807) is 0 Å². The highest BCUT2D eigenvalue weighted by molar-refractivity contribution is 5.95. The molecule has 0 radical (unpaired) electrons. The van der Waals surface area contributed by atoms with Gasteiger partial charge in [0.2, 0.25) is 0 Å². The molecule has 2 aliphatic rings. The molecular formula is C12H18O. The molecule has 2 aliphatic carbocycles. The van der Waals surface area contributed by atoms with Crippen molar-refractivity contribution < 1.29 is 4.79 Å². The van der Waals surface area contributed by atoms with Gasteiger partial charge in [0, 0.05) is 6.42 Å². The predicted molar refractivity (Wildman–Crippen MR) is 53.4 cm³/mol. The van der Waals surface area contributed by atoms with Crippen molar-refractivity contribution in [3.63, 3.8) is 0 Å². The van der Waals surface area contributed by atoms with Crippen molar-refractivity contribution in [2.24, 2.45) is 10.8 Å². The van der Waals surface area contributed by atoms with Crippen molar-refractivity contribution in [2.45, 2.75) is 45.4 Å². The van der Waals surface area contributed by atoms with E-state index in [4.69, 9.17) is 0 Å². The lowest BCUT2D eigenvalue weighted by Crippen LogP contribution is -2.56. The molecule has 2 fully saturated rings. The molecule has 1 heteroatoms. The van der Waals surface area contributed by atoms with Gasteiger partial charge in [0.1, 0.15) is 5.78 Å². The summed E-state index contributed by atoms with van der Waals surface area (Å²) in [6.45, 7) is 6.00. The van der Waals surface area contributed by atoms with Gasteiger partial charge >= 0.3 is 0 Å². The lowest BCUT2D eigenvalue weighted by Gasteiger charge is -2.55. The Kier molecular flexibility index (Phi) is 1.86. The maximum atomic E-state index is 11.7. The third-order valence-electron chi connectivity index (χ3n) is 4.41. The van der Waals surface area contributed by atoms with Crippen molar-refractivity contribution in [1.29, 1.82) is 0 Å². The van der Waals surface area contributed by atoms with Crippen LogP contribution in [0, 0.1) is 10.8 Å². The second-order valence-corrected chi connectivity index (χ2v) is 4.62. The fraction of sp³-hybridized carbons (Fsp3) is 0.750. The lowest BCUT2D eigenvalue weighted by atomic mass is 9.46. The van der Waals surface area contributed by atoms with Crippen molar-refractivity contribution in [1.82, 2.24) is 0 Å². The molecule has 2 saturated carbocycles. The van der Waals surface area contributed by atoms with E-state index in [1.165, 1.54) is 25.7 Å². The summed E-state index contributed by atoms with van der Waals surface area (Å²) < 4.78 is 0. The van der Waals surface area contributed by atoms with Crippen LogP contribution in [0.4, 0.5) is 0 Å². The third kappa shape index (κ3) is 0.853. The maximum Gasteiger partial charge on any atom is 0.143 e. The summed E-state index contributed by atoms with van der Waals surface area (Å²) in [5.74, 6) is 0.437. The molecule has 0 N–H and O–H groups in total. The number of rotatable bonds is 2. The summed E-state index contributed by atoms with van der Waals surface area (Å²) in [4.78, 5) is 11.7. The minimum absolute atomic E-state index is 0.135. The molecular weight excluding hydrogens is 160 g/mol. The molecule has 1 spiro atoms. The first-order valence-corrected chi connectivity index (χ1v) is 5.38. The highest BCUT2D eigenvalue weighted by Gasteiger charge is 2.62. The van der Waals surface area contributed by atoms with Crippen LogP contribution in [0.2, 0.25) is 0 Å². The summed E-state index contributed by atoms with van der Waals surface area (Å²) in [6, 6.07) is 0. The van der Waals surface area contributed by atoms with E-state index in [1.807, 2.05) is 6.08 Å². The zero-order chi connectivity index (χ0) is 9.53. The van der Waals surface area contributed by atoms with Gasteiger partial charge in [-0.3, -0.25) is 4.79 Å². The van der Waals surface area contributed by atoms with Gasteiger partial charge in [0.05, 0.1) is 5.41 Å². The van der Waals surface area contributed by atoms with E-state index >= 15 is 0 Å². The van der Waals surface area contributed by atoms with Crippen LogP contribution in [0.25, 0.3) is 0 Å². The fourth-order valence-electron chi connectivity index (χ4n) is 3.53. The number of allylic oxidation sites excluding steroid dienone is 1. The Morgan fingerprint density at radius 3 is 2.46 bits per heavy atom. The van der Waals surface area contributed by atoms with Gasteiger partial charge in [0.25, 0.3) is 0 Å². The highest BCUT2D eigenvalue weighted by atomic mass is 16.1. The van der Waals surface area contributed by atoms with Crippen LogP contribution in [0.15, 0.2) is 12.7 Å². The summed E-state index contributed by atoms with van der Waals surface area (Å²) in [6.07, 6.45) is 8.83. The van der Waals surface area contributed by atoms with E-state index < -0.39 is 0 Å². The number of carbonyl (C=O) groups excluding carboxylic acids is 1. The van der Waals surface area contributed by atoms with E-state index in [2.05, 4.69) is 13.5 Å². The molecule has 1 nitrogen and oxygen atoms in total. The molecule has 0 bridgehead atoms. The van der Waals surface area contributed by atoms with Crippen LogP contribution < -0.4 is 0 Å². The van der Waals surface area contributed by atoms with Crippen LogP contribution in [-0.4, -0.2) is 5.78 Å². The summed E-state index contributed by atoms with van der Waals surface area (Å²) in [7, 11) is 0. The Bertz CT molecular complexity index is 248. The largest absolute Gasteiger partial charge is 0.299 e. The van der Waals surface area contributed by atoms with E-state index in [9.17, 15) is 4.79 Å². The summed E-state index contributed by atoms with van der Waals surface area (Å²) >= 11 is 0. The smallest absolute Gasteiger partial charge is 0.143 e. The monoisotopic (exact) mass is 178 g/mol. The quantitative estimate of drug-likeness (QED) is 0.594. The second-order valence-electron chi connectivity index (χ2n) is 4.62. The predicted octanol–water partition coefficient (Wildman–Crippen LogP) is 3.10. The molecule has 13 heavy (non-hydrogen) atoms. The average molecular weight is 178 g/mol. The zero-order valence-electron chi connectivity index (χ0n) is 8.44. The van der Waals surface area contributed by atoms with Gasteiger partial charge in [0.15, 0.2) is 0 Å². The Balaban J connectivity index is 2.32. The number of ketones is 1. The molecule has 0 aromatic rings. The molecule has 0 saturated heterocycles. The van der Waals surface area contributed by atoms with Gasteiger partial charge in [-0.05, 0) is 24.7 Å². The Morgan fingerprint density at radius 1 is 1.46 bits per heavy atom. The van der Waals surface area contributed by atoms with Gasteiger partial charge in [-0.15, -0.1) is 6.58 Å². The van der Waals surface area contributed by atoms with Crippen molar-refractivity contribution in [3.05, 3.63) is 12.7 Å². The Labute approximate surface area is 80.2 Å². The molecule has 0 aromatic heterocycles. The topological polar surface area (TPSA) is 17.1 Å². The van der Waals surface area contributed by atoms with Crippen LogP contribution in [0.5, 0.6) is 0 Å². The summed E-state index contributed by atoms with van der Waals surface area (Å²) in [5, 5.41) is 0. The van der Waals surface area contributed by atoms with Gasteiger partial charge in [-0.25, -0.2) is 0 Å². The lowest BCUT2D eigenvalue weighted by molar-refractivity contribution is -0.153.